The normalized spacial score (nSPS) is 39.9. The Bertz CT molecular complexity index is 269. The average molecular weight is 233 g/mol. The molecule has 1 aliphatic rings. The summed E-state index contributed by atoms with van der Waals surface area (Å²) in [4.78, 5) is 10.6. The highest BCUT2D eigenvalue weighted by molar-refractivity contribution is 6.25. The molecule has 0 aliphatic heterocycles. The minimum absolute atomic E-state index is 0.963. The summed E-state index contributed by atoms with van der Waals surface area (Å²) >= 11 is 4.95. The number of rotatable bonds is 1. The van der Waals surface area contributed by atoms with Gasteiger partial charge < -0.3 is 9.47 Å². The predicted molar refractivity (Wildman–Crippen MR) is 41.2 cm³/mol. The van der Waals surface area contributed by atoms with Crippen molar-refractivity contribution in [3.8, 4) is 0 Å². The van der Waals surface area contributed by atoms with Gasteiger partial charge >= 0.3 is 12.1 Å². The maximum Gasteiger partial charge on any atom is 0.508 e. The fourth-order valence-corrected chi connectivity index (χ4v) is 1.42. The van der Waals surface area contributed by atoms with E-state index in [4.69, 9.17) is 11.6 Å². The van der Waals surface area contributed by atoms with Gasteiger partial charge in [0.15, 0.2) is 5.60 Å². The Balaban J connectivity index is 2.76. The summed E-state index contributed by atoms with van der Waals surface area (Å²) in [6, 6.07) is 0. The fraction of sp³-hybridized carbons (Fsp3) is 0.857. The van der Waals surface area contributed by atoms with Crippen molar-refractivity contribution in [1.82, 2.24) is 0 Å². The van der Waals surface area contributed by atoms with Gasteiger partial charge in [-0.3, -0.25) is 0 Å². The summed E-state index contributed by atoms with van der Waals surface area (Å²) < 4.78 is 46.8. The van der Waals surface area contributed by atoms with Crippen LogP contribution in [0.15, 0.2) is 0 Å². The highest BCUT2D eigenvalue weighted by Gasteiger charge is 2.79. The molecule has 1 rings (SSSR count). The molecule has 1 saturated carbocycles. The highest BCUT2D eigenvalue weighted by atomic mass is 35.5. The number of halogens is 4. The van der Waals surface area contributed by atoms with Gasteiger partial charge in [-0.1, -0.05) is 11.6 Å². The zero-order chi connectivity index (χ0) is 11.2. The van der Waals surface area contributed by atoms with Crippen LogP contribution in [0, 0.1) is 0 Å². The first-order chi connectivity index (χ1) is 6.16. The van der Waals surface area contributed by atoms with Gasteiger partial charge in [0.1, 0.15) is 0 Å². The van der Waals surface area contributed by atoms with E-state index in [0.29, 0.717) is 0 Å². The molecule has 2 unspecified atom stereocenters. The lowest BCUT2D eigenvalue weighted by atomic mass is 9.75. The van der Waals surface area contributed by atoms with Crippen molar-refractivity contribution in [1.29, 1.82) is 0 Å². The molecular weight excluding hydrogens is 225 g/mol. The summed E-state index contributed by atoms with van der Waals surface area (Å²) in [5.74, 6) is -3.70. The van der Waals surface area contributed by atoms with E-state index in [0.717, 1.165) is 14.0 Å². The minimum atomic E-state index is -3.70. The summed E-state index contributed by atoms with van der Waals surface area (Å²) in [7, 11) is 0.983. The molecule has 0 N–H and O–H groups in total. The van der Waals surface area contributed by atoms with Crippen LogP contribution in [0.3, 0.4) is 0 Å². The molecule has 0 heterocycles. The molecular formula is C7H8ClF3O3. The number of alkyl halides is 4. The smallest absolute Gasteiger partial charge is 0.438 e. The van der Waals surface area contributed by atoms with Crippen LogP contribution in [0.1, 0.15) is 13.3 Å². The predicted octanol–water partition coefficient (Wildman–Crippen LogP) is 2.47. The Kier molecular flexibility index (Phi) is 2.38. The summed E-state index contributed by atoms with van der Waals surface area (Å²) in [6.45, 7) is 0.980. The molecule has 0 aromatic heterocycles. The van der Waals surface area contributed by atoms with Crippen LogP contribution in [-0.4, -0.2) is 29.9 Å². The Morgan fingerprint density at radius 3 is 2.21 bits per heavy atom. The SMILES string of the molecule is COC(=O)OC1(C)CC(F)(F)C1(F)Cl. The lowest BCUT2D eigenvalue weighted by Gasteiger charge is -2.51. The average Bonchev–Trinajstić information content (AvgIpc) is 2.02. The van der Waals surface area contributed by atoms with Crippen LogP contribution in [-0.2, 0) is 9.47 Å². The van der Waals surface area contributed by atoms with Crippen molar-refractivity contribution in [3.05, 3.63) is 0 Å². The van der Waals surface area contributed by atoms with Gasteiger partial charge in [-0.15, -0.1) is 0 Å². The molecule has 2 atom stereocenters. The molecule has 1 fully saturated rings. The number of methoxy groups -OCH3 is 1. The van der Waals surface area contributed by atoms with Crippen LogP contribution >= 0.6 is 11.6 Å². The lowest BCUT2D eigenvalue weighted by molar-refractivity contribution is -0.282. The number of ether oxygens (including phenoxy) is 2. The Hall–Kier alpha value is -0.650. The first-order valence-electron chi connectivity index (χ1n) is 3.69. The van der Waals surface area contributed by atoms with Crippen LogP contribution in [0.4, 0.5) is 18.0 Å². The quantitative estimate of drug-likeness (QED) is 0.515. The second-order valence-corrected chi connectivity index (χ2v) is 3.76. The van der Waals surface area contributed by atoms with Crippen molar-refractivity contribution >= 4 is 17.8 Å². The number of carbonyl (C=O) groups is 1. The van der Waals surface area contributed by atoms with Crippen LogP contribution < -0.4 is 0 Å². The third-order valence-electron chi connectivity index (χ3n) is 2.16. The molecule has 3 nitrogen and oxygen atoms in total. The second-order valence-electron chi connectivity index (χ2n) is 3.24. The van der Waals surface area contributed by atoms with Gasteiger partial charge in [0.2, 0.25) is 0 Å². The lowest BCUT2D eigenvalue weighted by Crippen LogP contribution is -2.70. The van der Waals surface area contributed by atoms with Crippen molar-refractivity contribution in [2.75, 3.05) is 7.11 Å². The highest BCUT2D eigenvalue weighted by Crippen LogP contribution is 2.60. The molecule has 0 bridgehead atoms. The molecule has 0 spiro atoms. The van der Waals surface area contributed by atoms with Crippen LogP contribution in [0.2, 0.25) is 0 Å². The summed E-state index contributed by atoms with van der Waals surface area (Å²) in [5, 5.41) is -3.38. The molecule has 0 aromatic rings. The molecule has 0 amide bonds. The number of carbonyl (C=O) groups excluding carboxylic acids is 1. The van der Waals surface area contributed by atoms with E-state index >= 15 is 0 Å². The zero-order valence-corrected chi connectivity index (χ0v) is 8.20. The van der Waals surface area contributed by atoms with E-state index in [-0.39, 0.29) is 0 Å². The minimum Gasteiger partial charge on any atom is -0.438 e. The van der Waals surface area contributed by atoms with Gasteiger partial charge in [0.05, 0.1) is 13.5 Å². The van der Waals surface area contributed by atoms with Gasteiger partial charge in [-0.2, -0.15) is 0 Å². The second kappa shape index (κ2) is 2.92. The number of hydrogen-bond donors (Lipinski definition) is 0. The van der Waals surface area contributed by atoms with Gasteiger partial charge in [0.25, 0.3) is 5.13 Å². The van der Waals surface area contributed by atoms with E-state index in [1.807, 2.05) is 0 Å². The van der Waals surface area contributed by atoms with Crippen LogP contribution in [0.5, 0.6) is 0 Å². The van der Waals surface area contributed by atoms with Gasteiger partial charge in [-0.25, -0.2) is 18.0 Å². The molecule has 82 valence electrons. The topological polar surface area (TPSA) is 35.5 Å². The van der Waals surface area contributed by atoms with E-state index < -0.39 is 29.2 Å². The summed E-state index contributed by atoms with van der Waals surface area (Å²) in [6.07, 6.45) is -2.21. The maximum absolute atomic E-state index is 13.2. The third kappa shape index (κ3) is 1.32. The van der Waals surface area contributed by atoms with Crippen LogP contribution in [0.25, 0.3) is 0 Å². The van der Waals surface area contributed by atoms with Gasteiger partial charge in [-0.05, 0) is 6.92 Å². The standard InChI is InChI=1S/C7H8ClF3O3/c1-5(14-4(12)13-2)3-6(9,10)7(5,8)11/h3H2,1-2H3. The molecule has 7 heteroatoms. The molecule has 0 aromatic carbocycles. The van der Waals surface area contributed by atoms with E-state index in [9.17, 15) is 18.0 Å². The van der Waals surface area contributed by atoms with E-state index in [1.165, 1.54) is 0 Å². The fourth-order valence-electron chi connectivity index (χ4n) is 1.25. The Labute approximate surface area is 83.1 Å². The van der Waals surface area contributed by atoms with Crippen molar-refractivity contribution < 1.29 is 27.4 Å². The van der Waals surface area contributed by atoms with Gasteiger partial charge in [0, 0.05) is 0 Å². The summed E-state index contributed by atoms with van der Waals surface area (Å²) in [5.41, 5.74) is -2.05. The Morgan fingerprint density at radius 1 is 1.43 bits per heavy atom. The first kappa shape index (κ1) is 11.4. The largest absolute Gasteiger partial charge is 0.508 e. The third-order valence-corrected chi connectivity index (χ3v) is 2.83. The van der Waals surface area contributed by atoms with E-state index in [2.05, 4.69) is 9.47 Å². The van der Waals surface area contributed by atoms with Crippen molar-refractivity contribution in [3.63, 3.8) is 0 Å². The Morgan fingerprint density at radius 2 is 1.93 bits per heavy atom. The molecule has 0 radical (unpaired) electrons. The van der Waals surface area contributed by atoms with Crippen molar-refractivity contribution in [2.45, 2.75) is 30.0 Å². The van der Waals surface area contributed by atoms with Crippen molar-refractivity contribution in [2.24, 2.45) is 0 Å². The molecule has 0 saturated heterocycles. The zero-order valence-electron chi connectivity index (χ0n) is 7.44. The molecule has 14 heavy (non-hydrogen) atoms. The monoisotopic (exact) mass is 232 g/mol. The van der Waals surface area contributed by atoms with E-state index in [1.54, 1.807) is 0 Å². The number of hydrogen-bond acceptors (Lipinski definition) is 3. The maximum atomic E-state index is 13.2. The first-order valence-corrected chi connectivity index (χ1v) is 4.07. The molecule has 1 aliphatic carbocycles.